The van der Waals surface area contributed by atoms with Crippen molar-refractivity contribution in [3.05, 3.63) is 34.7 Å². The van der Waals surface area contributed by atoms with Gasteiger partial charge in [0, 0.05) is 13.2 Å². The van der Waals surface area contributed by atoms with E-state index in [0.29, 0.717) is 22.8 Å². The van der Waals surface area contributed by atoms with Gasteiger partial charge in [-0.2, -0.15) is 5.10 Å². The smallest absolute Gasteiger partial charge is 0.203 e. The molecule has 0 saturated heterocycles. The Morgan fingerprint density at radius 3 is 2.70 bits per heavy atom. The van der Waals surface area contributed by atoms with Crippen LogP contribution in [0.3, 0.4) is 0 Å². The van der Waals surface area contributed by atoms with Crippen molar-refractivity contribution in [3.8, 4) is 0 Å². The lowest BCUT2D eigenvalue weighted by atomic mass is 10.3. The zero-order valence-corrected chi connectivity index (χ0v) is 12.7. The maximum absolute atomic E-state index is 12.4. The van der Waals surface area contributed by atoms with E-state index in [1.807, 2.05) is 6.92 Å². The largest absolute Gasteiger partial charge is 0.396 e. The number of hydrogen-bond acceptors (Lipinski definition) is 5. The summed E-state index contributed by atoms with van der Waals surface area (Å²) in [6, 6.07) is 3.09. The number of aryl methyl sites for hydroxylation is 2. The molecular weight excluding hydrogens is 300 g/mol. The summed E-state index contributed by atoms with van der Waals surface area (Å²) in [6.45, 7) is 1.91. The number of sulfone groups is 1. The van der Waals surface area contributed by atoms with E-state index in [2.05, 4.69) is 10.1 Å². The summed E-state index contributed by atoms with van der Waals surface area (Å²) >= 11 is 6.16. The first-order chi connectivity index (χ1) is 9.36. The van der Waals surface area contributed by atoms with E-state index in [-0.39, 0.29) is 16.5 Å². The molecule has 6 nitrogen and oxygen atoms in total. The number of nitrogens with zero attached hydrogens (tertiary/aromatic N) is 3. The van der Waals surface area contributed by atoms with Gasteiger partial charge in [-0.1, -0.05) is 18.5 Å². The first-order valence-electron chi connectivity index (χ1n) is 6.00. The molecule has 0 radical (unpaired) electrons. The van der Waals surface area contributed by atoms with Gasteiger partial charge in [0.25, 0.3) is 0 Å². The van der Waals surface area contributed by atoms with Crippen LogP contribution in [0.2, 0.25) is 5.02 Å². The SMILES string of the molecule is CCc1nn(C)c(CS(=O)(=O)c2ncccc2N)c1Cl. The summed E-state index contributed by atoms with van der Waals surface area (Å²) < 4.78 is 26.2. The predicted octanol–water partition coefficient (Wildman–Crippen LogP) is 1.59. The number of nitrogens with two attached hydrogens (primary N) is 1. The van der Waals surface area contributed by atoms with Crippen LogP contribution in [0.1, 0.15) is 18.3 Å². The van der Waals surface area contributed by atoms with Gasteiger partial charge in [0.1, 0.15) is 0 Å². The van der Waals surface area contributed by atoms with Gasteiger partial charge >= 0.3 is 0 Å². The molecule has 8 heteroatoms. The maximum atomic E-state index is 12.4. The van der Waals surface area contributed by atoms with Crippen molar-refractivity contribution in [2.24, 2.45) is 7.05 Å². The highest BCUT2D eigenvalue weighted by Crippen LogP contribution is 2.26. The van der Waals surface area contributed by atoms with Gasteiger partial charge in [-0.25, -0.2) is 13.4 Å². The first kappa shape index (κ1) is 14.8. The molecule has 0 aromatic carbocycles. The summed E-state index contributed by atoms with van der Waals surface area (Å²) in [6.07, 6.45) is 2.03. The van der Waals surface area contributed by atoms with Crippen LogP contribution < -0.4 is 5.73 Å². The molecule has 0 bridgehead atoms. The predicted molar refractivity (Wildman–Crippen MR) is 77.1 cm³/mol. The monoisotopic (exact) mass is 314 g/mol. The quantitative estimate of drug-likeness (QED) is 0.925. The fourth-order valence-corrected chi connectivity index (χ4v) is 3.80. The van der Waals surface area contributed by atoms with Crippen molar-refractivity contribution < 1.29 is 8.42 Å². The fourth-order valence-electron chi connectivity index (χ4n) is 1.89. The number of pyridine rings is 1. The van der Waals surface area contributed by atoms with Crippen LogP contribution in [-0.2, 0) is 29.1 Å². The van der Waals surface area contributed by atoms with Gasteiger partial charge in [-0.3, -0.25) is 4.68 Å². The molecule has 0 saturated carbocycles. The van der Waals surface area contributed by atoms with Gasteiger partial charge in [0.15, 0.2) is 5.03 Å². The second kappa shape index (κ2) is 5.41. The third-order valence-electron chi connectivity index (χ3n) is 2.92. The van der Waals surface area contributed by atoms with E-state index in [9.17, 15) is 8.42 Å². The normalized spacial score (nSPS) is 11.8. The first-order valence-corrected chi connectivity index (χ1v) is 8.03. The topological polar surface area (TPSA) is 90.9 Å². The Kier molecular flexibility index (Phi) is 4.01. The van der Waals surface area contributed by atoms with Crippen LogP contribution >= 0.6 is 11.6 Å². The standard InChI is InChI=1S/C12H15ClN4O2S/c1-3-9-11(13)10(17(2)16-9)7-20(18,19)12-8(14)5-4-6-15-12/h4-6H,3,7,14H2,1-2H3. The molecule has 2 aromatic rings. The van der Waals surface area contributed by atoms with E-state index in [0.717, 1.165) is 0 Å². The highest BCUT2D eigenvalue weighted by atomic mass is 35.5. The number of hydrogen-bond donors (Lipinski definition) is 1. The van der Waals surface area contributed by atoms with Crippen LogP contribution in [0.25, 0.3) is 0 Å². The van der Waals surface area contributed by atoms with Crippen LogP contribution in [-0.4, -0.2) is 23.2 Å². The Labute approximate surface area is 122 Å². The molecule has 0 aliphatic rings. The highest BCUT2D eigenvalue weighted by Gasteiger charge is 2.24. The molecule has 0 amide bonds. The molecule has 2 N–H and O–H groups in total. The summed E-state index contributed by atoms with van der Waals surface area (Å²) in [5, 5.41) is 4.45. The minimum absolute atomic E-state index is 0.126. The second-order valence-corrected chi connectivity index (χ2v) is 6.62. The molecule has 20 heavy (non-hydrogen) atoms. The van der Waals surface area contributed by atoms with Crippen LogP contribution in [0.15, 0.2) is 23.4 Å². The third-order valence-corrected chi connectivity index (χ3v) is 4.94. The molecule has 0 aliphatic heterocycles. The molecule has 0 spiro atoms. The fraction of sp³-hybridized carbons (Fsp3) is 0.333. The number of anilines is 1. The Balaban J connectivity index is 2.44. The van der Waals surface area contributed by atoms with Crippen LogP contribution in [0, 0.1) is 0 Å². The average Bonchev–Trinajstić information content (AvgIpc) is 2.66. The maximum Gasteiger partial charge on any atom is 0.203 e. The third kappa shape index (κ3) is 2.64. The number of rotatable bonds is 4. The van der Waals surface area contributed by atoms with Crippen LogP contribution in [0.5, 0.6) is 0 Å². The Hall–Kier alpha value is -1.60. The second-order valence-electron chi connectivity index (χ2n) is 4.34. The molecule has 2 aromatic heterocycles. The lowest BCUT2D eigenvalue weighted by Gasteiger charge is -2.07. The molecular formula is C12H15ClN4O2S. The summed E-state index contributed by atoms with van der Waals surface area (Å²) in [5.41, 5.74) is 6.91. The zero-order chi connectivity index (χ0) is 14.9. The van der Waals surface area contributed by atoms with E-state index in [1.54, 1.807) is 13.1 Å². The van der Waals surface area contributed by atoms with Gasteiger partial charge in [-0.05, 0) is 18.6 Å². The molecule has 0 aliphatic carbocycles. The van der Waals surface area contributed by atoms with Gasteiger partial charge in [0.05, 0.1) is 27.9 Å². The Bertz CT molecular complexity index is 740. The summed E-state index contributed by atoms with van der Waals surface area (Å²) in [7, 11) is -2.00. The number of halogens is 1. The summed E-state index contributed by atoms with van der Waals surface area (Å²) in [5.74, 6) is -0.281. The Morgan fingerprint density at radius 1 is 1.45 bits per heavy atom. The van der Waals surface area contributed by atoms with Crippen molar-refractivity contribution >= 4 is 27.1 Å². The molecule has 2 heterocycles. The van der Waals surface area contributed by atoms with E-state index in [1.165, 1.54) is 16.9 Å². The highest BCUT2D eigenvalue weighted by molar-refractivity contribution is 7.90. The van der Waals surface area contributed by atoms with Gasteiger partial charge < -0.3 is 5.73 Å². The number of aromatic nitrogens is 3. The van der Waals surface area contributed by atoms with Crippen molar-refractivity contribution in [2.45, 2.75) is 24.1 Å². The lowest BCUT2D eigenvalue weighted by molar-refractivity contribution is 0.588. The van der Waals surface area contributed by atoms with Crippen molar-refractivity contribution in [1.82, 2.24) is 14.8 Å². The molecule has 108 valence electrons. The van der Waals surface area contributed by atoms with Crippen molar-refractivity contribution in [2.75, 3.05) is 5.73 Å². The molecule has 0 atom stereocenters. The minimum atomic E-state index is -3.67. The average molecular weight is 315 g/mol. The van der Waals surface area contributed by atoms with E-state index >= 15 is 0 Å². The van der Waals surface area contributed by atoms with Gasteiger partial charge in [-0.15, -0.1) is 0 Å². The summed E-state index contributed by atoms with van der Waals surface area (Å²) in [4.78, 5) is 3.85. The van der Waals surface area contributed by atoms with E-state index < -0.39 is 9.84 Å². The van der Waals surface area contributed by atoms with Crippen LogP contribution in [0.4, 0.5) is 5.69 Å². The minimum Gasteiger partial charge on any atom is -0.396 e. The number of nitrogen functional groups attached to an aromatic ring is 1. The Morgan fingerprint density at radius 2 is 2.15 bits per heavy atom. The zero-order valence-electron chi connectivity index (χ0n) is 11.2. The van der Waals surface area contributed by atoms with E-state index in [4.69, 9.17) is 17.3 Å². The molecule has 0 unspecified atom stereocenters. The van der Waals surface area contributed by atoms with Crippen molar-refractivity contribution in [3.63, 3.8) is 0 Å². The van der Waals surface area contributed by atoms with Crippen molar-refractivity contribution in [1.29, 1.82) is 0 Å². The molecule has 0 fully saturated rings. The molecule has 2 rings (SSSR count). The van der Waals surface area contributed by atoms with Gasteiger partial charge in [0.2, 0.25) is 9.84 Å². The lowest BCUT2D eigenvalue weighted by Crippen LogP contribution is -2.12.